The largest absolute Gasteiger partial charge is 0.512 e. The molecule has 70 valence electrons. The summed E-state index contributed by atoms with van der Waals surface area (Å²) in [6, 6.07) is 0. The van der Waals surface area contributed by atoms with Crippen LogP contribution in [0, 0.1) is 11.8 Å². The monoisotopic (exact) mass is 220 g/mol. The number of alkyl halides is 2. The molecule has 1 saturated heterocycles. The van der Waals surface area contributed by atoms with Crippen molar-refractivity contribution in [3.63, 3.8) is 0 Å². The molecule has 2 bridgehead atoms. The first kappa shape index (κ1) is 7.94. The molecule has 3 nitrogen and oxygen atoms in total. The first-order chi connectivity index (χ1) is 6.06. The zero-order chi connectivity index (χ0) is 9.27. The summed E-state index contributed by atoms with van der Waals surface area (Å²) < 4.78 is 9.86. The summed E-state index contributed by atoms with van der Waals surface area (Å²) in [5.41, 5.74) is 0. The van der Waals surface area contributed by atoms with Gasteiger partial charge in [0.25, 0.3) is 0 Å². The molecule has 0 amide bonds. The number of hydrogen-bond acceptors (Lipinski definition) is 3. The van der Waals surface area contributed by atoms with E-state index in [2.05, 4.69) is 0 Å². The van der Waals surface area contributed by atoms with Crippen LogP contribution in [0.3, 0.4) is 0 Å². The summed E-state index contributed by atoms with van der Waals surface area (Å²) in [4.78, 5) is 10.9. The maximum Gasteiger partial charge on any atom is 0.512 e. The molecule has 0 N–H and O–H groups in total. The number of ether oxygens (including phenoxy) is 2. The number of hydrogen-bond donors (Lipinski definition) is 0. The number of halogens is 2. The third-order valence-corrected chi connectivity index (χ3v) is 4.34. The van der Waals surface area contributed by atoms with E-state index >= 15 is 0 Å². The molecule has 0 aromatic heterocycles. The second-order valence-corrected chi connectivity index (χ2v) is 4.70. The third-order valence-electron chi connectivity index (χ3n) is 2.97. The standard InChI is InChI=1S/C8H6Cl2O3/c9-7-4-1-2-5(3-4)8(7,10)13-6(11)12-7/h1-2,4-5H,3H2. The van der Waals surface area contributed by atoms with Gasteiger partial charge in [0.2, 0.25) is 10.1 Å². The van der Waals surface area contributed by atoms with Crippen LogP contribution in [-0.4, -0.2) is 16.3 Å². The van der Waals surface area contributed by atoms with E-state index < -0.39 is 16.3 Å². The molecular weight excluding hydrogens is 215 g/mol. The van der Waals surface area contributed by atoms with Crippen molar-refractivity contribution in [3.05, 3.63) is 12.2 Å². The molecule has 2 aliphatic carbocycles. The predicted octanol–water partition coefficient (Wildman–Crippen LogP) is 2.23. The summed E-state index contributed by atoms with van der Waals surface area (Å²) in [7, 11) is 0. The minimum Gasteiger partial charge on any atom is -0.405 e. The lowest BCUT2D eigenvalue weighted by Gasteiger charge is -2.31. The van der Waals surface area contributed by atoms with Crippen LogP contribution in [0.4, 0.5) is 4.79 Å². The molecule has 4 unspecified atom stereocenters. The predicted molar refractivity (Wildman–Crippen MR) is 45.5 cm³/mol. The van der Waals surface area contributed by atoms with Crippen molar-refractivity contribution in [2.75, 3.05) is 0 Å². The van der Waals surface area contributed by atoms with Gasteiger partial charge in [-0.15, -0.1) is 0 Å². The van der Waals surface area contributed by atoms with Crippen LogP contribution in [0.2, 0.25) is 0 Å². The first-order valence-corrected chi connectivity index (χ1v) is 4.80. The molecule has 5 heteroatoms. The summed E-state index contributed by atoms with van der Waals surface area (Å²) >= 11 is 12.3. The summed E-state index contributed by atoms with van der Waals surface area (Å²) in [6.45, 7) is 0. The maximum absolute atomic E-state index is 10.9. The van der Waals surface area contributed by atoms with Gasteiger partial charge < -0.3 is 9.47 Å². The Hall–Kier alpha value is -0.410. The lowest BCUT2D eigenvalue weighted by Crippen LogP contribution is -2.46. The van der Waals surface area contributed by atoms with Crippen LogP contribution < -0.4 is 0 Å². The summed E-state index contributed by atoms with van der Waals surface area (Å²) in [5.74, 6) is -0.0498. The van der Waals surface area contributed by atoms with E-state index in [-0.39, 0.29) is 11.8 Å². The van der Waals surface area contributed by atoms with E-state index in [1.807, 2.05) is 12.2 Å². The van der Waals surface area contributed by atoms with Crippen molar-refractivity contribution in [1.82, 2.24) is 0 Å². The molecule has 1 aliphatic heterocycles. The Morgan fingerprint density at radius 3 is 2.15 bits per heavy atom. The topological polar surface area (TPSA) is 35.5 Å². The van der Waals surface area contributed by atoms with Crippen LogP contribution in [0.1, 0.15) is 6.42 Å². The molecule has 1 heterocycles. The minimum atomic E-state index is -1.19. The molecular formula is C8H6Cl2O3. The molecule has 0 spiro atoms. The van der Waals surface area contributed by atoms with Gasteiger partial charge in [0.05, 0.1) is 0 Å². The Morgan fingerprint density at radius 1 is 1.23 bits per heavy atom. The number of rotatable bonds is 0. The minimum absolute atomic E-state index is 0.0249. The van der Waals surface area contributed by atoms with Crippen LogP contribution in [0.15, 0.2) is 12.2 Å². The van der Waals surface area contributed by atoms with Crippen molar-refractivity contribution in [2.24, 2.45) is 11.8 Å². The first-order valence-electron chi connectivity index (χ1n) is 4.04. The van der Waals surface area contributed by atoms with Crippen LogP contribution in [0.5, 0.6) is 0 Å². The fraction of sp³-hybridized carbons (Fsp3) is 0.625. The van der Waals surface area contributed by atoms with Gasteiger partial charge in [0, 0.05) is 11.8 Å². The highest BCUT2D eigenvalue weighted by atomic mass is 35.5. The Morgan fingerprint density at radius 2 is 1.69 bits per heavy atom. The van der Waals surface area contributed by atoms with Gasteiger partial charge in [-0.25, -0.2) is 4.79 Å². The quantitative estimate of drug-likeness (QED) is 0.357. The molecule has 13 heavy (non-hydrogen) atoms. The Labute approximate surface area is 84.6 Å². The maximum atomic E-state index is 10.9. The molecule has 0 radical (unpaired) electrons. The zero-order valence-electron chi connectivity index (χ0n) is 6.50. The average molecular weight is 221 g/mol. The lowest BCUT2D eigenvalue weighted by atomic mass is 10.0. The van der Waals surface area contributed by atoms with Gasteiger partial charge in [-0.2, -0.15) is 0 Å². The van der Waals surface area contributed by atoms with Crippen molar-refractivity contribution in [3.8, 4) is 0 Å². The van der Waals surface area contributed by atoms with Crippen molar-refractivity contribution >= 4 is 29.4 Å². The van der Waals surface area contributed by atoms with Crippen LogP contribution >= 0.6 is 23.2 Å². The Kier molecular flexibility index (Phi) is 1.21. The molecule has 4 atom stereocenters. The molecule has 0 aromatic carbocycles. The smallest absolute Gasteiger partial charge is 0.405 e. The van der Waals surface area contributed by atoms with Crippen LogP contribution in [0.25, 0.3) is 0 Å². The van der Waals surface area contributed by atoms with Gasteiger partial charge in [0.15, 0.2) is 0 Å². The SMILES string of the molecule is O=C1OC2(Cl)C3C=CC(C3)C2(Cl)O1. The molecule has 0 aromatic rings. The summed E-state index contributed by atoms with van der Waals surface area (Å²) in [6.07, 6.45) is 3.88. The van der Waals surface area contributed by atoms with E-state index in [9.17, 15) is 4.79 Å². The second-order valence-electron chi connectivity index (χ2n) is 3.58. The number of carbonyl (C=O) groups is 1. The third kappa shape index (κ3) is 0.680. The van der Waals surface area contributed by atoms with E-state index in [1.165, 1.54) is 0 Å². The fourth-order valence-electron chi connectivity index (χ4n) is 2.31. The normalized spacial score (nSPS) is 56.3. The zero-order valence-corrected chi connectivity index (χ0v) is 8.01. The van der Waals surface area contributed by atoms with Gasteiger partial charge in [-0.1, -0.05) is 35.4 Å². The molecule has 3 rings (SSSR count). The van der Waals surface area contributed by atoms with Gasteiger partial charge >= 0.3 is 6.16 Å². The van der Waals surface area contributed by atoms with Gasteiger partial charge in [-0.3, -0.25) is 0 Å². The van der Waals surface area contributed by atoms with E-state index in [1.54, 1.807) is 0 Å². The number of fused-ring (bicyclic) bond motifs is 5. The van der Waals surface area contributed by atoms with Crippen molar-refractivity contribution < 1.29 is 14.3 Å². The Balaban J connectivity index is 2.15. The molecule has 3 aliphatic rings. The van der Waals surface area contributed by atoms with E-state index in [0.717, 1.165) is 6.42 Å². The van der Waals surface area contributed by atoms with E-state index in [0.29, 0.717) is 0 Å². The average Bonchev–Trinajstić information content (AvgIpc) is 2.59. The lowest BCUT2D eigenvalue weighted by molar-refractivity contribution is 0.0720. The van der Waals surface area contributed by atoms with E-state index in [4.69, 9.17) is 32.7 Å². The summed E-state index contributed by atoms with van der Waals surface area (Å²) in [5, 5.41) is -2.38. The molecule has 1 saturated carbocycles. The number of carbonyl (C=O) groups excluding carboxylic acids is 1. The van der Waals surface area contributed by atoms with Crippen LogP contribution in [-0.2, 0) is 9.47 Å². The highest BCUT2D eigenvalue weighted by Crippen LogP contribution is 2.63. The fourth-order valence-corrected chi connectivity index (χ4v) is 3.12. The molecule has 2 fully saturated rings. The Bertz CT molecular complexity index is 301. The van der Waals surface area contributed by atoms with Crippen molar-refractivity contribution in [1.29, 1.82) is 0 Å². The van der Waals surface area contributed by atoms with Gasteiger partial charge in [-0.05, 0) is 6.42 Å². The second kappa shape index (κ2) is 1.98. The van der Waals surface area contributed by atoms with Crippen molar-refractivity contribution in [2.45, 2.75) is 16.5 Å². The highest BCUT2D eigenvalue weighted by Gasteiger charge is 2.74. The highest BCUT2D eigenvalue weighted by molar-refractivity contribution is 6.36. The van der Waals surface area contributed by atoms with Gasteiger partial charge in [0.1, 0.15) is 0 Å².